The summed E-state index contributed by atoms with van der Waals surface area (Å²) >= 11 is 0. The minimum absolute atomic E-state index is 0.0944. The fraction of sp³-hybridized carbons (Fsp3) is 0.267. The Labute approximate surface area is 103 Å². The smallest absolute Gasteiger partial charge is 0.0569 e. The van der Waals surface area contributed by atoms with Crippen LogP contribution in [0.2, 0.25) is 0 Å². The average molecular weight is 226 g/mol. The predicted octanol–water partition coefficient (Wildman–Crippen LogP) is 3.05. The Kier molecular flexibility index (Phi) is 3.25. The zero-order valence-electron chi connectivity index (χ0n) is 10.6. The normalized spacial score (nSPS) is 12.5. The monoisotopic (exact) mass is 226 g/mol. The molecule has 17 heavy (non-hydrogen) atoms. The lowest BCUT2D eigenvalue weighted by Crippen LogP contribution is -2.13. The van der Waals surface area contributed by atoms with Crippen molar-refractivity contribution in [2.24, 2.45) is 5.73 Å². The quantitative estimate of drug-likeness (QED) is 0.854. The molecule has 2 heteroatoms. The molecule has 88 valence electrons. The van der Waals surface area contributed by atoms with E-state index in [-0.39, 0.29) is 6.04 Å². The van der Waals surface area contributed by atoms with Gasteiger partial charge in [0.1, 0.15) is 0 Å². The highest BCUT2D eigenvalue weighted by Crippen LogP contribution is 2.23. The topological polar surface area (TPSA) is 38.9 Å². The van der Waals surface area contributed by atoms with E-state index < -0.39 is 0 Å². The van der Waals surface area contributed by atoms with Crippen LogP contribution in [-0.2, 0) is 0 Å². The zero-order chi connectivity index (χ0) is 12.4. The second kappa shape index (κ2) is 4.68. The molecule has 0 bridgehead atoms. The minimum atomic E-state index is -0.0944. The van der Waals surface area contributed by atoms with E-state index in [0.717, 1.165) is 11.3 Å². The van der Waals surface area contributed by atoms with Gasteiger partial charge in [-0.25, -0.2) is 0 Å². The molecular weight excluding hydrogens is 208 g/mol. The van der Waals surface area contributed by atoms with E-state index in [0.29, 0.717) is 0 Å². The molecule has 0 aliphatic rings. The maximum absolute atomic E-state index is 6.30. The molecule has 1 aromatic heterocycles. The number of aryl methyl sites for hydroxylation is 3. The number of benzene rings is 1. The lowest BCUT2D eigenvalue weighted by Gasteiger charge is -2.15. The highest BCUT2D eigenvalue weighted by Gasteiger charge is 2.11. The number of rotatable bonds is 2. The van der Waals surface area contributed by atoms with Crippen molar-refractivity contribution < 1.29 is 0 Å². The van der Waals surface area contributed by atoms with E-state index in [4.69, 9.17) is 5.73 Å². The lowest BCUT2D eigenvalue weighted by molar-refractivity contribution is 0.849. The Morgan fingerprint density at radius 1 is 1.06 bits per heavy atom. The van der Waals surface area contributed by atoms with E-state index >= 15 is 0 Å². The number of pyridine rings is 1. The van der Waals surface area contributed by atoms with Gasteiger partial charge < -0.3 is 5.73 Å². The van der Waals surface area contributed by atoms with E-state index in [1.54, 1.807) is 0 Å². The van der Waals surface area contributed by atoms with Gasteiger partial charge in [0, 0.05) is 11.9 Å². The van der Waals surface area contributed by atoms with Gasteiger partial charge in [-0.1, -0.05) is 29.8 Å². The first-order valence-electron chi connectivity index (χ1n) is 5.83. The molecule has 0 aliphatic carbocycles. The summed E-state index contributed by atoms with van der Waals surface area (Å²) in [6.07, 6.45) is 1.86. The van der Waals surface area contributed by atoms with Crippen molar-refractivity contribution in [3.8, 4) is 0 Å². The first kappa shape index (κ1) is 11.8. The van der Waals surface area contributed by atoms with Crippen LogP contribution >= 0.6 is 0 Å². The SMILES string of the molecule is Cc1ccc(C)c(C(N)c2ccc(C)nc2)c1. The standard InChI is InChI=1S/C15H18N2/c1-10-4-5-11(2)14(8-10)15(16)13-7-6-12(3)17-9-13/h4-9,15H,16H2,1-3H3. The molecule has 1 atom stereocenters. The van der Waals surface area contributed by atoms with Gasteiger partial charge in [0.15, 0.2) is 0 Å². The van der Waals surface area contributed by atoms with Crippen LogP contribution in [0.15, 0.2) is 36.5 Å². The summed E-state index contributed by atoms with van der Waals surface area (Å²) in [6, 6.07) is 10.3. The second-order valence-electron chi connectivity index (χ2n) is 4.57. The highest BCUT2D eigenvalue weighted by atomic mass is 14.7. The van der Waals surface area contributed by atoms with Gasteiger partial charge in [-0.2, -0.15) is 0 Å². The van der Waals surface area contributed by atoms with E-state index in [1.807, 2.05) is 19.2 Å². The summed E-state index contributed by atoms with van der Waals surface area (Å²) in [5.41, 5.74) is 12.0. The summed E-state index contributed by atoms with van der Waals surface area (Å²) in [7, 11) is 0. The number of hydrogen-bond donors (Lipinski definition) is 1. The van der Waals surface area contributed by atoms with Gasteiger partial charge in [-0.05, 0) is 43.5 Å². The number of nitrogens with two attached hydrogens (primary N) is 1. The van der Waals surface area contributed by atoms with Crippen LogP contribution < -0.4 is 5.73 Å². The van der Waals surface area contributed by atoms with Gasteiger partial charge in [-0.15, -0.1) is 0 Å². The van der Waals surface area contributed by atoms with Crippen LogP contribution in [-0.4, -0.2) is 4.98 Å². The Morgan fingerprint density at radius 3 is 2.47 bits per heavy atom. The average Bonchev–Trinajstić information content (AvgIpc) is 2.32. The largest absolute Gasteiger partial charge is 0.320 e. The second-order valence-corrected chi connectivity index (χ2v) is 4.57. The molecular formula is C15H18N2. The molecule has 2 nitrogen and oxygen atoms in total. The summed E-state index contributed by atoms with van der Waals surface area (Å²) in [4.78, 5) is 4.30. The van der Waals surface area contributed by atoms with Crippen molar-refractivity contribution in [2.75, 3.05) is 0 Å². The molecule has 0 fully saturated rings. The van der Waals surface area contributed by atoms with Crippen molar-refractivity contribution in [3.05, 3.63) is 64.5 Å². The van der Waals surface area contributed by atoms with Crippen LogP contribution in [0.3, 0.4) is 0 Å². The molecule has 0 amide bonds. The fourth-order valence-electron chi connectivity index (χ4n) is 1.94. The molecule has 1 heterocycles. The third-order valence-corrected chi connectivity index (χ3v) is 3.06. The van der Waals surface area contributed by atoms with Gasteiger partial charge in [0.2, 0.25) is 0 Å². The summed E-state index contributed by atoms with van der Waals surface area (Å²) in [6.45, 7) is 6.16. The van der Waals surface area contributed by atoms with Gasteiger partial charge in [0.05, 0.1) is 6.04 Å². The Hall–Kier alpha value is -1.67. The molecule has 2 rings (SSSR count). The molecule has 0 saturated carbocycles. The molecule has 0 radical (unpaired) electrons. The van der Waals surface area contributed by atoms with E-state index in [2.05, 4.69) is 43.1 Å². The first-order chi connectivity index (χ1) is 8.08. The molecule has 0 spiro atoms. The molecule has 2 N–H and O–H groups in total. The van der Waals surface area contributed by atoms with Crippen molar-refractivity contribution in [2.45, 2.75) is 26.8 Å². The summed E-state index contributed by atoms with van der Waals surface area (Å²) < 4.78 is 0. The highest BCUT2D eigenvalue weighted by molar-refractivity contribution is 5.38. The van der Waals surface area contributed by atoms with E-state index in [9.17, 15) is 0 Å². The van der Waals surface area contributed by atoms with Crippen molar-refractivity contribution >= 4 is 0 Å². The molecule has 1 aromatic carbocycles. The number of aromatic nitrogens is 1. The summed E-state index contributed by atoms with van der Waals surface area (Å²) in [5, 5.41) is 0. The third-order valence-electron chi connectivity index (χ3n) is 3.06. The fourth-order valence-corrected chi connectivity index (χ4v) is 1.94. The molecule has 0 aliphatic heterocycles. The number of nitrogens with zero attached hydrogens (tertiary/aromatic N) is 1. The Morgan fingerprint density at radius 2 is 1.82 bits per heavy atom. The van der Waals surface area contributed by atoms with Crippen LogP contribution in [0, 0.1) is 20.8 Å². The Bertz CT molecular complexity index is 515. The maximum atomic E-state index is 6.30. The van der Waals surface area contributed by atoms with Gasteiger partial charge in [-0.3, -0.25) is 4.98 Å². The van der Waals surface area contributed by atoms with Gasteiger partial charge in [0.25, 0.3) is 0 Å². The van der Waals surface area contributed by atoms with E-state index in [1.165, 1.54) is 16.7 Å². The van der Waals surface area contributed by atoms with Crippen molar-refractivity contribution in [3.63, 3.8) is 0 Å². The predicted molar refractivity (Wildman–Crippen MR) is 70.9 cm³/mol. The van der Waals surface area contributed by atoms with Crippen LogP contribution in [0.4, 0.5) is 0 Å². The minimum Gasteiger partial charge on any atom is -0.320 e. The molecule has 2 aromatic rings. The number of hydrogen-bond acceptors (Lipinski definition) is 2. The first-order valence-corrected chi connectivity index (χ1v) is 5.83. The van der Waals surface area contributed by atoms with Gasteiger partial charge >= 0.3 is 0 Å². The van der Waals surface area contributed by atoms with Crippen LogP contribution in [0.1, 0.15) is 34.0 Å². The van der Waals surface area contributed by atoms with Crippen LogP contribution in [0.25, 0.3) is 0 Å². The third kappa shape index (κ3) is 2.53. The molecule has 1 unspecified atom stereocenters. The zero-order valence-corrected chi connectivity index (χ0v) is 10.6. The lowest BCUT2D eigenvalue weighted by atomic mass is 9.95. The van der Waals surface area contributed by atoms with Crippen LogP contribution in [0.5, 0.6) is 0 Å². The molecule has 0 saturated heterocycles. The maximum Gasteiger partial charge on any atom is 0.0569 e. The van der Waals surface area contributed by atoms with Crippen molar-refractivity contribution in [1.82, 2.24) is 4.98 Å². The van der Waals surface area contributed by atoms with Crippen molar-refractivity contribution in [1.29, 1.82) is 0 Å². The summed E-state index contributed by atoms with van der Waals surface area (Å²) in [5.74, 6) is 0. The Balaban J connectivity index is 2.39.